The third-order valence-electron chi connectivity index (χ3n) is 3.03. The molecule has 5 heteroatoms. The van der Waals surface area contributed by atoms with E-state index in [1.807, 2.05) is 0 Å². The third kappa shape index (κ3) is 5.04. The van der Waals surface area contributed by atoms with Crippen LogP contribution in [0.5, 0.6) is 0 Å². The van der Waals surface area contributed by atoms with Crippen LogP contribution >= 0.6 is 0 Å². The summed E-state index contributed by atoms with van der Waals surface area (Å²) in [5.74, 6) is -0.0352. The van der Waals surface area contributed by atoms with Crippen molar-refractivity contribution in [1.29, 1.82) is 0 Å². The van der Waals surface area contributed by atoms with Crippen LogP contribution in [0.2, 0.25) is 0 Å². The Morgan fingerprint density at radius 3 is 2.78 bits per heavy atom. The van der Waals surface area contributed by atoms with E-state index in [2.05, 4.69) is 12.2 Å². The van der Waals surface area contributed by atoms with Gasteiger partial charge in [-0.1, -0.05) is 13.3 Å². The van der Waals surface area contributed by atoms with E-state index in [1.165, 1.54) is 0 Å². The molecule has 0 spiro atoms. The molecule has 1 aliphatic heterocycles. The van der Waals surface area contributed by atoms with Crippen molar-refractivity contribution in [3.63, 3.8) is 0 Å². The molecular weight excluding hydrogens is 232 g/mol. The van der Waals surface area contributed by atoms with E-state index in [0.29, 0.717) is 26.1 Å². The minimum atomic E-state index is -0.402. The highest BCUT2D eigenvalue weighted by atomic mass is 16.5. The van der Waals surface area contributed by atoms with Crippen molar-refractivity contribution in [3.8, 4) is 0 Å². The fourth-order valence-electron chi connectivity index (χ4n) is 1.92. The first kappa shape index (κ1) is 15.0. The summed E-state index contributed by atoms with van der Waals surface area (Å²) in [6.45, 7) is 6.52. The number of nitrogens with zero attached hydrogens (tertiary/aromatic N) is 1. The largest absolute Gasteiger partial charge is 0.381 e. The summed E-state index contributed by atoms with van der Waals surface area (Å²) >= 11 is 0. The first-order chi connectivity index (χ1) is 8.65. The minimum Gasteiger partial charge on any atom is -0.381 e. The van der Waals surface area contributed by atoms with Crippen LogP contribution < -0.4 is 5.32 Å². The fraction of sp³-hybridized carbons (Fsp3) is 0.846. The average Bonchev–Trinajstić information content (AvgIpc) is 2.46. The second-order valence-corrected chi connectivity index (χ2v) is 4.68. The van der Waals surface area contributed by atoms with E-state index in [1.54, 1.807) is 11.8 Å². The molecule has 1 heterocycles. The maximum atomic E-state index is 11.9. The van der Waals surface area contributed by atoms with E-state index in [4.69, 9.17) is 4.74 Å². The van der Waals surface area contributed by atoms with Crippen molar-refractivity contribution < 1.29 is 14.3 Å². The van der Waals surface area contributed by atoms with Gasteiger partial charge in [0.15, 0.2) is 0 Å². The molecular formula is C13H24N2O3. The number of hydrogen-bond acceptors (Lipinski definition) is 3. The lowest BCUT2D eigenvalue weighted by Gasteiger charge is -2.22. The quantitative estimate of drug-likeness (QED) is 0.689. The van der Waals surface area contributed by atoms with Gasteiger partial charge in [-0.2, -0.15) is 0 Å². The van der Waals surface area contributed by atoms with Crippen LogP contribution in [0.1, 0.15) is 39.5 Å². The highest BCUT2D eigenvalue weighted by Crippen LogP contribution is 2.04. The number of amides is 2. The van der Waals surface area contributed by atoms with Crippen LogP contribution in [0.15, 0.2) is 0 Å². The van der Waals surface area contributed by atoms with Crippen LogP contribution in [0.3, 0.4) is 0 Å². The second kappa shape index (κ2) is 8.08. The van der Waals surface area contributed by atoms with Crippen molar-refractivity contribution in [2.24, 2.45) is 0 Å². The molecule has 104 valence electrons. The monoisotopic (exact) mass is 256 g/mol. The van der Waals surface area contributed by atoms with Gasteiger partial charge in [0.2, 0.25) is 11.8 Å². The van der Waals surface area contributed by atoms with Crippen LogP contribution in [-0.2, 0) is 14.3 Å². The maximum Gasteiger partial charge on any atom is 0.244 e. The van der Waals surface area contributed by atoms with Gasteiger partial charge in [-0.3, -0.25) is 9.59 Å². The summed E-state index contributed by atoms with van der Waals surface area (Å²) in [6.07, 6.45) is 3.44. The molecule has 0 aliphatic carbocycles. The zero-order valence-corrected chi connectivity index (χ0v) is 11.4. The predicted octanol–water partition coefficient (Wildman–Crippen LogP) is 0.930. The van der Waals surface area contributed by atoms with Gasteiger partial charge in [-0.25, -0.2) is 0 Å². The van der Waals surface area contributed by atoms with Gasteiger partial charge in [-0.05, 0) is 19.8 Å². The van der Waals surface area contributed by atoms with Gasteiger partial charge in [0, 0.05) is 32.7 Å². The Bertz CT molecular complexity index is 281. The van der Waals surface area contributed by atoms with Gasteiger partial charge >= 0.3 is 0 Å². The van der Waals surface area contributed by atoms with Crippen LogP contribution in [0.25, 0.3) is 0 Å². The highest BCUT2D eigenvalue weighted by molar-refractivity contribution is 5.89. The molecule has 1 atom stereocenters. The lowest BCUT2D eigenvalue weighted by molar-refractivity contribution is -0.133. The number of unbranched alkanes of at least 4 members (excludes halogenated alkanes) is 1. The lowest BCUT2D eigenvalue weighted by Crippen LogP contribution is -2.43. The molecule has 0 aromatic heterocycles. The molecule has 0 aromatic rings. The number of carbonyl (C=O) groups excluding carboxylic acids is 2. The number of nitrogens with one attached hydrogen (secondary N) is 1. The summed E-state index contributed by atoms with van der Waals surface area (Å²) in [7, 11) is 0. The molecule has 1 aliphatic rings. The van der Waals surface area contributed by atoms with Gasteiger partial charge < -0.3 is 15.0 Å². The van der Waals surface area contributed by atoms with E-state index in [9.17, 15) is 9.59 Å². The predicted molar refractivity (Wildman–Crippen MR) is 69.1 cm³/mol. The Kier molecular flexibility index (Phi) is 6.72. The molecule has 2 amide bonds. The Hall–Kier alpha value is -1.10. The van der Waals surface area contributed by atoms with Gasteiger partial charge in [0.1, 0.15) is 6.04 Å². The summed E-state index contributed by atoms with van der Waals surface area (Å²) in [4.78, 5) is 25.0. The highest BCUT2D eigenvalue weighted by Gasteiger charge is 2.25. The molecule has 18 heavy (non-hydrogen) atoms. The van der Waals surface area contributed by atoms with Crippen molar-refractivity contribution >= 4 is 11.8 Å². The van der Waals surface area contributed by atoms with Crippen LogP contribution in [-0.4, -0.2) is 49.1 Å². The van der Waals surface area contributed by atoms with Gasteiger partial charge in [0.25, 0.3) is 0 Å². The van der Waals surface area contributed by atoms with Crippen LogP contribution in [0, 0.1) is 0 Å². The topological polar surface area (TPSA) is 58.6 Å². The number of rotatable bonds is 7. The molecule has 1 unspecified atom stereocenters. The van der Waals surface area contributed by atoms with E-state index in [0.717, 1.165) is 25.9 Å². The Balaban J connectivity index is 2.23. The van der Waals surface area contributed by atoms with Crippen molar-refractivity contribution in [3.05, 3.63) is 0 Å². The summed E-state index contributed by atoms with van der Waals surface area (Å²) in [5, 5.41) is 2.68. The smallest absolute Gasteiger partial charge is 0.244 e. The third-order valence-corrected chi connectivity index (χ3v) is 3.03. The van der Waals surface area contributed by atoms with Crippen LogP contribution in [0.4, 0.5) is 0 Å². The Morgan fingerprint density at radius 1 is 1.33 bits per heavy atom. The Morgan fingerprint density at radius 2 is 2.06 bits per heavy atom. The first-order valence-electron chi connectivity index (χ1n) is 6.81. The molecule has 1 saturated heterocycles. The minimum absolute atomic E-state index is 0.00871. The summed E-state index contributed by atoms with van der Waals surface area (Å²) in [6, 6.07) is -0.402. The van der Waals surface area contributed by atoms with Gasteiger partial charge in [0.05, 0.1) is 0 Å². The zero-order chi connectivity index (χ0) is 13.4. The SMILES string of the molecule is CCCCOCCCN1CCC(=O)NC(C)C1=O. The molecule has 0 aromatic carbocycles. The summed E-state index contributed by atoms with van der Waals surface area (Å²) in [5.41, 5.74) is 0. The number of ether oxygens (including phenoxy) is 1. The molecule has 0 bridgehead atoms. The zero-order valence-electron chi connectivity index (χ0n) is 11.4. The summed E-state index contributed by atoms with van der Waals surface area (Å²) < 4.78 is 5.46. The molecule has 1 rings (SSSR count). The molecule has 1 N–H and O–H groups in total. The van der Waals surface area contributed by atoms with Crippen molar-refractivity contribution in [1.82, 2.24) is 10.2 Å². The molecule has 0 radical (unpaired) electrons. The maximum absolute atomic E-state index is 11.9. The van der Waals surface area contributed by atoms with E-state index < -0.39 is 6.04 Å². The average molecular weight is 256 g/mol. The fourth-order valence-corrected chi connectivity index (χ4v) is 1.92. The first-order valence-corrected chi connectivity index (χ1v) is 6.81. The Labute approximate surface area is 109 Å². The van der Waals surface area contributed by atoms with E-state index in [-0.39, 0.29) is 11.8 Å². The second-order valence-electron chi connectivity index (χ2n) is 4.68. The van der Waals surface area contributed by atoms with Crippen molar-refractivity contribution in [2.45, 2.75) is 45.6 Å². The van der Waals surface area contributed by atoms with Crippen molar-refractivity contribution in [2.75, 3.05) is 26.3 Å². The molecule has 1 fully saturated rings. The number of hydrogen-bond donors (Lipinski definition) is 1. The van der Waals surface area contributed by atoms with Gasteiger partial charge in [-0.15, -0.1) is 0 Å². The number of carbonyl (C=O) groups is 2. The molecule has 0 saturated carbocycles. The standard InChI is InChI=1S/C13H24N2O3/c1-3-4-9-18-10-5-7-15-8-6-12(16)14-11(2)13(15)17/h11H,3-10H2,1-2H3,(H,14,16). The molecule has 5 nitrogen and oxygen atoms in total. The van der Waals surface area contributed by atoms with E-state index >= 15 is 0 Å². The lowest BCUT2D eigenvalue weighted by atomic mass is 10.3. The normalized spacial score (nSPS) is 20.8.